The summed E-state index contributed by atoms with van der Waals surface area (Å²) in [6.07, 6.45) is 1.65. The number of rotatable bonds is 12. The van der Waals surface area contributed by atoms with Gasteiger partial charge in [-0.1, -0.05) is 48.5 Å². The number of nitro groups is 2. The molecule has 4 aromatic carbocycles. The summed E-state index contributed by atoms with van der Waals surface area (Å²) in [6, 6.07) is 22.0. The highest BCUT2D eigenvalue weighted by Crippen LogP contribution is 2.39. The van der Waals surface area contributed by atoms with Gasteiger partial charge in [0.15, 0.2) is 0 Å². The molecule has 11 nitrogen and oxygen atoms in total. The van der Waals surface area contributed by atoms with Crippen molar-refractivity contribution < 1.29 is 9.85 Å². The summed E-state index contributed by atoms with van der Waals surface area (Å²) in [7, 11) is 2.07. The highest BCUT2D eigenvalue weighted by atomic mass is 16.6. The fourth-order valence-corrected chi connectivity index (χ4v) is 6.13. The van der Waals surface area contributed by atoms with E-state index in [9.17, 15) is 20.2 Å². The molecule has 11 heteroatoms. The van der Waals surface area contributed by atoms with Gasteiger partial charge in [-0.25, -0.2) is 9.97 Å². The third-order valence-electron chi connectivity index (χ3n) is 8.46. The Kier molecular flexibility index (Phi) is 8.58. The molecule has 0 spiro atoms. The summed E-state index contributed by atoms with van der Waals surface area (Å²) in [5, 5.41) is 33.7. The summed E-state index contributed by atoms with van der Waals surface area (Å²) < 4.78 is 0. The second-order valence-corrected chi connectivity index (χ2v) is 11.6. The maximum absolute atomic E-state index is 11.9. The van der Waals surface area contributed by atoms with Crippen LogP contribution in [0.4, 0.5) is 22.7 Å². The molecule has 0 saturated heterocycles. The molecule has 234 valence electrons. The van der Waals surface area contributed by atoms with E-state index in [4.69, 9.17) is 9.97 Å². The Balaban J connectivity index is 1.12. The smallest absolute Gasteiger partial charge is 0.280 e. The van der Waals surface area contributed by atoms with Crippen molar-refractivity contribution in [1.29, 1.82) is 0 Å². The van der Waals surface area contributed by atoms with Crippen LogP contribution in [0.1, 0.15) is 24.0 Å². The summed E-state index contributed by atoms with van der Waals surface area (Å²) in [5.41, 5.74) is 6.20. The molecule has 0 unspecified atom stereocenters. The van der Waals surface area contributed by atoms with Crippen LogP contribution in [0.2, 0.25) is 0 Å². The molecule has 2 heterocycles. The molecule has 0 fully saturated rings. The predicted octanol–water partition coefficient (Wildman–Crippen LogP) is 7.76. The van der Waals surface area contributed by atoms with Crippen molar-refractivity contribution in [2.75, 3.05) is 43.9 Å². The highest BCUT2D eigenvalue weighted by molar-refractivity contribution is 6.13. The van der Waals surface area contributed by atoms with Crippen LogP contribution in [0.15, 0.2) is 72.8 Å². The van der Waals surface area contributed by atoms with E-state index in [0.717, 1.165) is 70.2 Å². The van der Waals surface area contributed by atoms with E-state index in [1.165, 1.54) is 0 Å². The fraction of sp³-hybridized carbons (Fsp3) is 0.257. The predicted molar refractivity (Wildman–Crippen MR) is 185 cm³/mol. The third kappa shape index (κ3) is 5.84. The minimum atomic E-state index is -0.345. The van der Waals surface area contributed by atoms with Crippen LogP contribution >= 0.6 is 0 Å². The third-order valence-corrected chi connectivity index (χ3v) is 8.46. The van der Waals surface area contributed by atoms with Crippen molar-refractivity contribution in [2.24, 2.45) is 0 Å². The van der Waals surface area contributed by atoms with Gasteiger partial charge in [-0.2, -0.15) is 0 Å². The summed E-state index contributed by atoms with van der Waals surface area (Å²) in [5.74, 6) is 0. The lowest BCUT2D eigenvalue weighted by Crippen LogP contribution is -2.24. The fourth-order valence-electron chi connectivity index (χ4n) is 6.13. The number of pyridine rings is 2. The number of non-ortho nitro benzene ring substituents is 2. The zero-order valence-electron chi connectivity index (χ0n) is 26.0. The Morgan fingerprint density at radius 3 is 1.48 bits per heavy atom. The van der Waals surface area contributed by atoms with Gasteiger partial charge >= 0.3 is 0 Å². The molecule has 46 heavy (non-hydrogen) atoms. The maximum Gasteiger partial charge on any atom is 0.280 e. The highest BCUT2D eigenvalue weighted by Gasteiger charge is 2.22. The van der Waals surface area contributed by atoms with Gasteiger partial charge in [0.1, 0.15) is 10.8 Å². The van der Waals surface area contributed by atoms with Crippen LogP contribution in [-0.4, -0.2) is 57.9 Å². The molecule has 0 aliphatic carbocycles. The molecule has 0 aliphatic rings. The molecule has 0 saturated carbocycles. The number of para-hydroxylation sites is 2. The van der Waals surface area contributed by atoms with Crippen molar-refractivity contribution in [3.05, 3.63) is 104 Å². The van der Waals surface area contributed by atoms with Gasteiger partial charge in [0.2, 0.25) is 0 Å². The van der Waals surface area contributed by atoms with Crippen LogP contribution in [0, 0.1) is 34.1 Å². The summed E-state index contributed by atoms with van der Waals surface area (Å²) >= 11 is 0. The van der Waals surface area contributed by atoms with Gasteiger partial charge in [-0.3, -0.25) is 20.2 Å². The first-order chi connectivity index (χ1) is 22.2. The summed E-state index contributed by atoms with van der Waals surface area (Å²) in [4.78, 5) is 35.0. The number of hydrogen-bond donors (Lipinski definition) is 2. The Morgan fingerprint density at radius 2 is 1.07 bits per heavy atom. The number of anilines is 2. The molecule has 0 bridgehead atoms. The largest absolute Gasteiger partial charge is 0.384 e. The van der Waals surface area contributed by atoms with Gasteiger partial charge in [-0.15, -0.1) is 0 Å². The van der Waals surface area contributed by atoms with E-state index in [1.54, 1.807) is 24.3 Å². The van der Waals surface area contributed by atoms with E-state index in [2.05, 4.69) is 22.6 Å². The number of nitrogens with zero attached hydrogens (tertiary/aromatic N) is 5. The first-order valence-electron chi connectivity index (χ1n) is 15.3. The van der Waals surface area contributed by atoms with Crippen LogP contribution in [0.5, 0.6) is 0 Å². The van der Waals surface area contributed by atoms with Crippen LogP contribution in [-0.2, 0) is 0 Å². The monoisotopic (exact) mass is 617 g/mol. The maximum atomic E-state index is 11.9. The molecule has 0 radical (unpaired) electrons. The first-order valence-corrected chi connectivity index (χ1v) is 15.3. The molecular formula is C35H35N7O4. The standard InChI is InChI=1S/C35H35N7O4/c1-22-14-16-28(41(43)44)30-32(22)38-26-12-6-4-10-24(26)34(30)36-18-8-20-40(3)21-9-19-37-35-25-11-5-7-13-27(25)39-33-23(2)15-17-29(31(33)35)42(45)46/h4-7,10-17H,8-9,18-21H2,1-3H3,(H,36,38)(H,37,39). The zero-order chi connectivity index (χ0) is 32.4. The number of nitrogens with one attached hydrogen (secondary N) is 2. The second-order valence-electron chi connectivity index (χ2n) is 11.6. The van der Waals surface area contributed by atoms with E-state index in [1.807, 2.05) is 62.4 Å². The van der Waals surface area contributed by atoms with Crippen LogP contribution < -0.4 is 10.6 Å². The first kappa shape index (κ1) is 30.6. The van der Waals surface area contributed by atoms with Crippen molar-refractivity contribution in [3.63, 3.8) is 0 Å². The number of benzene rings is 4. The van der Waals surface area contributed by atoms with Gasteiger partial charge in [-0.05, 0) is 70.1 Å². The molecule has 0 atom stereocenters. The molecular weight excluding hydrogens is 582 g/mol. The number of aryl methyl sites for hydroxylation is 2. The van der Waals surface area contributed by atoms with Gasteiger partial charge in [0.25, 0.3) is 11.4 Å². The SMILES string of the molecule is Cc1ccc([N+](=O)[O-])c2c(NCCCN(C)CCCNc3c4ccccc4nc4c(C)ccc([N+](=O)[O-])c34)c3ccccc3nc12. The number of nitro benzene ring substituents is 2. The molecule has 0 aliphatic heterocycles. The minimum absolute atomic E-state index is 0.0428. The van der Waals surface area contributed by atoms with Gasteiger partial charge < -0.3 is 15.5 Å². The Morgan fingerprint density at radius 1 is 0.652 bits per heavy atom. The Labute approximate surface area is 265 Å². The normalized spacial score (nSPS) is 11.6. The van der Waals surface area contributed by atoms with E-state index < -0.39 is 0 Å². The van der Waals surface area contributed by atoms with Gasteiger partial charge in [0, 0.05) is 36.0 Å². The molecule has 2 N–H and O–H groups in total. The van der Waals surface area contributed by atoms with Crippen LogP contribution in [0.25, 0.3) is 43.6 Å². The summed E-state index contributed by atoms with van der Waals surface area (Å²) in [6.45, 7) is 6.75. The number of fused-ring (bicyclic) bond motifs is 4. The average Bonchev–Trinajstić information content (AvgIpc) is 3.04. The zero-order valence-corrected chi connectivity index (χ0v) is 26.0. The van der Waals surface area contributed by atoms with E-state index in [-0.39, 0.29) is 21.2 Å². The van der Waals surface area contributed by atoms with E-state index >= 15 is 0 Å². The van der Waals surface area contributed by atoms with Crippen molar-refractivity contribution in [3.8, 4) is 0 Å². The number of aromatic nitrogens is 2. The molecule has 2 aromatic heterocycles. The number of hydrogen-bond acceptors (Lipinski definition) is 9. The van der Waals surface area contributed by atoms with Crippen molar-refractivity contribution >= 4 is 66.4 Å². The topological polar surface area (TPSA) is 139 Å². The Hall–Kier alpha value is -5.42. The van der Waals surface area contributed by atoms with Gasteiger partial charge in [0.05, 0.1) is 43.3 Å². The Bertz CT molecular complexity index is 1980. The second kappa shape index (κ2) is 12.9. The molecule has 6 aromatic rings. The lowest BCUT2D eigenvalue weighted by molar-refractivity contribution is -0.383. The van der Waals surface area contributed by atoms with Crippen molar-refractivity contribution in [2.45, 2.75) is 26.7 Å². The molecule has 0 amide bonds. The van der Waals surface area contributed by atoms with E-state index in [0.29, 0.717) is 34.9 Å². The average molecular weight is 618 g/mol. The quantitative estimate of drug-likeness (QED) is 0.0610. The minimum Gasteiger partial charge on any atom is -0.384 e. The lowest BCUT2D eigenvalue weighted by Gasteiger charge is -2.19. The van der Waals surface area contributed by atoms with Crippen LogP contribution in [0.3, 0.4) is 0 Å². The molecule has 6 rings (SSSR count). The van der Waals surface area contributed by atoms with Crippen molar-refractivity contribution in [1.82, 2.24) is 14.9 Å². The lowest BCUT2D eigenvalue weighted by atomic mass is 10.0.